The minimum absolute atomic E-state index is 0.488. The van der Waals surface area contributed by atoms with Gasteiger partial charge in [-0.25, -0.2) is 0 Å². The van der Waals surface area contributed by atoms with Crippen molar-refractivity contribution in [3.05, 3.63) is 23.3 Å². The second-order valence-electron chi connectivity index (χ2n) is 4.91. The first-order valence-corrected chi connectivity index (χ1v) is 6.53. The maximum Gasteiger partial charge on any atom is 0.161 e. The third kappa shape index (κ3) is 1.85. The monoisotopic (exact) mass is 248 g/mol. The molecular formula is C14H20N2O2. The summed E-state index contributed by atoms with van der Waals surface area (Å²) >= 11 is 0. The van der Waals surface area contributed by atoms with E-state index in [1.807, 2.05) is 0 Å². The van der Waals surface area contributed by atoms with Crippen molar-refractivity contribution in [1.82, 2.24) is 10.2 Å². The van der Waals surface area contributed by atoms with Gasteiger partial charge in [0.25, 0.3) is 0 Å². The number of rotatable bonds is 2. The Bertz CT molecular complexity index is 448. The number of nitrogens with one attached hydrogen (secondary N) is 1. The van der Waals surface area contributed by atoms with E-state index in [0.29, 0.717) is 6.04 Å². The fraction of sp³-hybridized carbons (Fsp3) is 0.571. The quantitative estimate of drug-likeness (QED) is 0.853. The van der Waals surface area contributed by atoms with Gasteiger partial charge in [-0.05, 0) is 29.7 Å². The first kappa shape index (κ1) is 11.8. The average Bonchev–Trinajstić information content (AvgIpc) is 2.45. The van der Waals surface area contributed by atoms with Gasteiger partial charge in [0.2, 0.25) is 0 Å². The number of nitrogens with zero attached hydrogens (tertiary/aromatic N) is 1. The average molecular weight is 248 g/mol. The topological polar surface area (TPSA) is 33.7 Å². The highest BCUT2D eigenvalue weighted by Crippen LogP contribution is 2.38. The summed E-state index contributed by atoms with van der Waals surface area (Å²) in [5.41, 5.74) is 2.80. The van der Waals surface area contributed by atoms with Gasteiger partial charge >= 0.3 is 0 Å². The van der Waals surface area contributed by atoms with Gasteiger partial charge < -0.3 is 14.8 Å². The fourth-order valence-corrected chi connectivity index (χ4v) is 3.05. The second-order valence-corrected chi connectivity index (χ2v) is 4.91. The lowest BCUT2D eigenvalue weighted by Crippen LogP contribution is -2.48. The Morgan fingerprint density at radius 1 is 1.17 bits per heavy atom. The maximum absolute atomic E-state index is 5.42. The number of benzene rings is 1. The summed E-state index contributed by atoms with van der Waals surface area (Å²) in [6.45, 7) is 4.41. The predicted molar refractivity (Wildman–Crippen MR) is 70.4 cm³/mol. The van der Waals surface area contributed by atoms with E-state index in [1.54, 1.807) is 14.2 Å². The van der Waals surface area contributed by atoms with E-state index >= 15 is 0 Å². The van der Waals surface area contributed by atoms with Gasteiger partial charge in [-0.2, -0.15) is 0 Å². The number of hydrogen-bond donors (Lipinski definition) is 1. The number of piperazine rings is 1. The maximum atomic E-state index is 5.42. The van der Waals surface area contributed by atoms with Crippen LogP contribution in [0.3, 0.4) is 0 Å². The molecule has 1 N–H and O–H groups in total. The van der Waals surface area contributed by atoms with Crippen molar-refractivity contribution < 1.29 is 9.47 Å². The lowest BCUT2D eigenvalue weighted by molar-refractivity contribution is 0.151. The lowest BCUT2D eigenvalue weighted by atomic mass is 9.91. The first-order chi connectivity index (χ1) is 8.83. The number of hydrogen-bond acceptors (Lipinski definition) is 4. The van der Waals surface area contributed by atoms with Gasteiger partial charge in [0.05, 0.1) is 14.2 Å². The molecule has 0 aliphatic carbocycles. The molecule has 0 spiro atoms. The Morgan fingerprint density at radius 2 is 1.94 bits per heavy atom. The van der Waals surface area contributed by atoms with E-state index in [4.69, 9.17) is 9.47 Å². The number of methoxy groups -OCH3 is 2. The van der Waals surface area contributed by atoms with Crippen LogP contribution >= 0.6 is 0 Å². The highest BCUT2D eigenvalue weighted by atomic mass is 16.5. The van der Waals surface area contributed by atoms with Crippen LogP contribution in [0.15, 0.2) is 12.1 Å². The van der Waals surface area contributed by atoms with E-state index in [9.17, 15) is 0 Å². The molecule has 1 fully saturated rings. The van der Waals surface area contributed by atoms with E-state index in [0.717, 1.165) is 44.1 Å². The summed E-state index contributed by atoms with van der Waals surface area (Å²) in [6.07, 6.45) is 1.10. The summed E-state index contributed by atoms with van der Waals surface area (Å²) in [5.74, 6) is 1.68. The molecule has 2 aliphatic heterocycles. The van der Waals surface area contributed by atoms with Crippen LogP contribution in [0.5, 0.6) is 11.5 Å². The molecular weight excluding hydrogens is 228 g/mol. The second kappa shape index (κ2) is 4.78. The van der Waals surface area contributed by atoms with Crippen molar-refractivity contribution in [3.8, 4) is 11.5 Å². The van der Waals surface area contributed by atoms with E-state index in [1.165, 1.54) is 11.1 Å². The SMILES string of the molecule is COc1cc2c(cc1OC)C1CNCCN1CC2. The molecule has 0 saturated carbocycles. The van der Waals surface area contributed by atoms with Crippen LogP contribution in [-0.4, -0.2) is 45.3 Å². The van der Waals surface area contributed by atoms with Crippen LogP contribution in [0.25, 0.3) is 0 Å². The zero-order valence-corrected chi connectivity index (χ0v) is 11.0. The van der Waals surface area contributed by atoms with Crippen LogP contribution in [0.2, 0.25) is 0 Å². The molecule has 1 aromatic rings. The minimum Gasteiger partial charge on any atom is -0.493 e. The smallest absolute Gasteiger partial charge is 0.161 e. The van der Waals surface area contributed by atoms with Gasteiger partial charge in [0.1, 0.15) is 0 Å². The molecule has 98 valence electrons. The Balaban J connectivity index is 2.02. The Kier molecular flexibility index (Phi) is 3.14. The molecule has 4 nitrogen and oxygen atoms in total. The van der Waals surface area contributed by atoms with Crippen LogP contribution < -0.4 is 14.8 Å². The molecule has 0 radical (unpaired) electrons. The zero-order valence-electron chi connectivity index (χ0n) is 11.0. The third-order valence-electron chi connectivity index (χ3n) is 4.03. The summed E-state index contributed by atoms with van der Waals surface area (Å²) in [4.78, 5) is 2.56. The molecule has 18 heavy (non-hydrogen) atoms. The third-order valence-corrected chi connectivity index (χ3v) is 4.03. The highest BCUT2D eigenvalue weighted by molar-refractivity contribution is 5.49. The van der Waals surface area contributed by atoms with E-state index < -0.39 is 0 Å². The van der Waals surface area contributed by atoms with Crippen LogP contribution in [0.4, 0.5) is 0 Å². The summed E-state index contributed by atoms with van der Waals surface area (Å²) in [6, 6.07) is 4.78. The molecule has 1 saturated heterocycles. The van der Waals surface area contributed by atoms with Crippen molar-refractivity contribution in [3.63, 3.8) is 0 Å². The lowest BCUT2D eigenvalue weighted by Gasteiger charge is -2.41. The molecule has 2 heterocycles. The fourth-order valence-electron chi connectivity index (χ4n) is 3.05. The van der Waals surface area contributed by atoms with Crippen molar-refractivity contribution in [2.75, 3.05) is 40.4 Å². The largest absolute Gasteiger partial charge is 0.493 e. The molecule has 3 rings (SSSR count). The molecule has 1 atom stereocenters. The molecule has 1 unspecified atom stereocenters. The van der Waals surface area contributed by atoms with Crippen LogP contribution in [0, 0.1) is 0 Å². The Labute approximate surface area is 108 Å². The molecule has 0 amide bonds. The molecule has 2 aliphatic rings. The van der Waals surface area contributed by atoms with Gasteiger partial charge in [0, 0.05) is 32.2 Å². The van der Waals surface area contributed by atoms with Crippen molar-refractivity contribution in [2.24, 2.45) is 0 Å². The van der Waals surface area contributed by atoms with Gasteiger partial charge in [0.15, 0.2) is 11.5 Å². The van der Waals surface area contributed by atoms with Gasteiger partial charge in [-0.1, -0.05) is 0 Å². The Morgan fingerprint density at radius 3 is 2.72 bits per heavy atom. The number of fused-ring (bicyclic) bond motifs is 3. The molecule has 0 bridgehead atoms. The molecule has 1 aromatic carbocycles. The summed E-state index contributed by atoms with van der Waals surface area (Å²) in [7, 11) is 3.39. The van der Waals surface area contributed by atoms with E-state index in [2.05, 4.69) is 22.3 Å². The highest BCUT2D eigenvalue weighted by Gasteiger charge is 2.30. The van der Waals surface area contributed by atoms with Crippen molar-refractivity contribution in [2.45, 2.75) is 12.5 Å². The van der Waals surface area contributed by atoms with E-state index in [-0.39, 0.29) is 0 Å². The number of ether oxygens (including phenoxy) is 2. The minimum atomic E-state index is 0.488. The van der Waals surface area contributed by atoms with Crippen molar-refractivity contribution in [1.29, 1.82) is 0 Å². The first-order valence-electron chi connectivity index (χ1n) is 6.53. The predicted octanol–water partition coefficient (Wildman–Crippen LogP) is 1.21. The van der Waals surface area contributed by atoms with Gasteiger partial charge in [-0.15, -0.1) is 0 Å². The van der Waals surface area contributed by atoms with Crippen molar-refractivity contribution >= 4 is 0 Å². The molecule has 0 aromatic heterocycles. The Hall–Kier alpha value is -1.26. The van der Waals surface area contributed by atoms with Crippen LogP contribution in [-0.2, 0) is 6.42 Å². The normalized spacial score (nSPS) is 23.1. The molecule has 4 heteroatoms. The zero-order chi connectivity index (χ0) is 12.5. The standard InChI is InChI=1S/C14H20N2O2/c1-17-13-7-10-3-5-16-6-4-15-9-12(16)11(10)8-14(13)18-2/h7-8,12,15H,3-6,9H2,1-2H3. The van der Waals surface area contributed by atoms with Crippen LogP contribution in [0.1, 0.15) is 17.2 Å². The summed E-state index contributed by atoms with van der Waals surface area (Å²) < 4.78 is 10.8. The van der Waals surface area contributed by atoms with Gasteiger partial charge in [-0.3, -0.25) is 4.90 Å². The summed E-state index contributed by atoms with van der Waals surface area (Å²) in [5, 5.41) is 3.48.